The van der Waals surface area contributed by atoms with Crippen molar-refractivity contribution in [2.24, 2.45) is 0 Å². The molecule has 0 fully saturated rings. The lowest BCUT2D eigenvalue weighted by Gasteiger charge is -2.23. The minimum atomic E-state index is -3.16. The van der Waals surface area contributed by atoms with Crippen LogP contribution in [0, 0.1) is 0 Å². The predicted octanol–water partition coefficient (Wildman–Crippen LogP) is 1.97. The van der Waals surface area contributed by atoms with E-state index < -0.39 is 10.0 Å². The Balaban J connectivity index is 1.94. The number of aryl methyl sites for hydroxylation is 1. The molecule has 2 aromatic rings. The van der Waals surface area contributed by atoms with Crippen LogP contribution >= 0.6 is 0 Å². The van der Waals surface area contributed by atoms with E-state index in [0.717, 1.165) is 35.9 Å². The van der Waals surface area contributed by atoms with Crippen molar-refractivity contribution >= 4 is 20.9 Å². The van der Waals surface area contributed by atoms with Crippen LogP contribution in [0.5, 0.6) is 5.75 Å². The van der Waals surface area contributed by atoms with Crippen molar-refractivity contribution in [2.45, 2.75) is 32.2 Å². The fourth-order valence-corrected chi connectivity index (χ4v) is 3.84. The van der Waals surface area contributed by atoms with Crippen LogP contribution in [-0.4, -0.2) is 32.3 Å². The van der Waals surface area contributed by atoms with Crippen molar-refractivity contribution in [1.29, 1.82) is 0 Å². The van der Waals surface area contributed by atoms with Gasteiger partial charge in [-0.15, -0.1) is 0 Å². The van der Waals surface area contributed by atoms with Gasteiger partial charge in [-0.2, -0.15) is 0 Å². The minimum Gasteiger partial charge on any atom is -0.497 e. The zero-order valence-electron chi connectivity index (χ0n) is 12.3. The molecule has 0 radical (unpaired) electrons. The van der Waals surface area contributed by atoms with Gasteiger partial charge in [0.15, 0.2) is 0 Å². The van der Waals surface area contributed by atoms with Crippen LogP contribution in [-0.2, 0) is 22.9 Å². The van der Waals surface area contributed by atoms with E-state index in [0.29, 0.717) is 0 Å². The van der Waals surface area contributed by atoms with Crippen molar-refractivity contribution in [3.63, 3.8) is 0 Å². The summed E-state index contributed by atoms with van der Waals surface area (Å²) in [6, 6.07) is 5.94. The minimum absolute atomic E-state index is 0.0207. The first-order chi connectivity index (χ1) is 10.0. The maximum atomic E-state index is 11.7. The Morgan fingerprint density at radius 2 is 2.24 bits per heavy atom. The first-order valence-electron chi connectivity index (χ1n) is 7.20. The van der Waals surface area contributed by atoms with Gasteiger partial charge >= 0.3 is 0 Å². The molecule has 2 N–H and O–H groups in total. The zero-order chi connectivity index (χ0) is 15.0. The van der Waals surface area contributed by atoms with Crippen LogP contribution in [0.15, 0.2) is 18.2 Å². The van der Waals surface area contributed by atoms with Crippen molar-refractivity contribution in [2.75, 3.05) is 12.9 Å². The topological polar surface area (TPSA) is 71.2 Å². The van der Waals surface area contributed by atoms with Crippen molar-refractivity contribution < 1.29 is 13.2 Å². The van der Waals surface area contributed by atoms with E-state index >= 15 is 0 Å². The first-order valence-corrected chi connectivity index (χ1v) is 8.85. The van der Waals surface area contributed by atoms with Gasteiger partial charge in [0.1, 0.15) is 5.75 Å². The molecule has 0 amide bonds. The maximum absolute atomic E-state index is 11.7. The van der Waals surface area contributed by atoms with E-state index in [9.17, 15) is 8.42 Å². The molecule has 0 saturated carbocycles. The third-order valence-corrected chi connectivity index (χ3v) is 5.57. The van der Waals surface area contributed by atoms with E-state index in [4.69, 9.17) is 4.74 Å². The molecule has 1 aliphatic carbocycles. The molecule has 114 valence electrons. The fraction of sp³-hybridized carbons (Fsp3) is 0.467. The van der Waals surface area contributed by atoms with Crippen molar-refractivity contribution in [3.05, 3.63) is 29.5 Å². The van der Waals surface area contributed by atoms with Gasteiger partial charge in [-0.3, -0.25) is 0 Å². The van der Waals surface area contributed by atoms with Gasteiger partial charge in [0, 0.05) is 22.6 Å². The average Bonchev–Trinajstić information content (AvgIpc) is 2.84. The molecular formula is C15H20N2O3S. The lowest BCUT2D eigenvalue weighted by atomic mass is 9.92. The summed E-state index contributed by atoms with van der Waals surface area (Å²) >= 11 is 0. The standard InChI is InChI=1S/C15H20N2O3S/c1-3-21(18,19)17-10-4-6-14-12(8-10)13-9-11(20-2)5-7-15(13)16-14/h5,7,9-10,16-17H,3-4,6,8H2,1-2H3. The largest absolute Gasteiger partial charge is 0.497 e. The summed E-state index contributed by atoms with van der Waals surface area (Å²) in [6.07, 6.45) is 2.42. The second kappa shape index (κ2) is 5.35. The predicted molar refractivity (Wildman–Crippen MR) is 83.3 cm³/mol. The smallest absolute Gasteiger partial charge is 0.211 e. The van der Waals surface area contributed by atoms with Crippen LogP contribution in [0.1, 0.15) is 24.6 Å². The number of sulfonamides is 1. The zero-order valence-corrected chi connectivity index (χ0v) is 13.1. The third kappa shape index (κ3) is 2.78. The van der Waals surface area contributed by atoms with E-state index in [1.807, 2.05) is 18.2 Å². The number of nitrogens with one attached hydrogen (secondary N) is 2. The Bertz CT molecular complexity index is 765. The Labute approximate surface area is 124 Å². The highest BCUT2D eigenvalue weighted by molar-refractivity contribution is 7.89. The number of methoxy groups -OCH3 is 1. The van der Waals surface area contributed by atoms with Crippen LogP contribution in [0.4, 0.5) is 0 Å². The molecule has 21 heavy (non-hydrogen) atoms. The van der Waals surface area contributed by atoms with Gasteiger partial charge in [0.05, 0.1) is 12.9 Å². The van der Waals surface area contributed by atoms with E-state index in [2.05, 4.69) is 9.71 Å². The molecule has 6 heteroatoms. The van der Waals surface area contributed by atoms with Crippen LogP contribution in [0.25, 0.3) is 10.9 Å². The van der Waals surface area contributed by atoms with Gasteiger partial charge in [-0.1, -0.05) is 0 Å². The molecule has 0 spiro atoms. The highest BCUT2D eigenvalue weighted by Gasteiger charge is 2.25. The van der Waals surface area contributed by atoms with Crippen LogP contribution < -0.4 is 9.46 Å². The monoisotopic (exact) mass is 308 g/mol. The lowest BCUT2D eigenvalue weighted by Crippen LogP contribution is -2.39. The molecule has 0 saturated heterocycles. The Kier molecular flexibility index (Phi) is 3.67. The molecule has 1 aromatic heterocycles. The molecule has 3 rings (SSSR count). The van der Waals surface area contributed by atoms with Gasteiger partial charge in [-0.05, 0) is 49.9 Å². The Morgan fingerprint density at radius 3 is 2.95 bits per heavy atom. The van der Waals surface area contributed by atoms with E-state index in [1.54, 1.807) is 14.0 Å². The number of aromatic amines is 1. The first kappa shape index (κ1) is 14.4. The second-order valence-corrected chi connectivity index (χ2v) is 7.50. The summed E-state index contributed by atoms with van der Waals surface area (Å²) in [6.45, 7) is 1.66. The normalized spacial score (nSPS) is 18.7. The summed E-state index contributed by atoms with van der Waals surface area (Å²) in [5, 5.41) is 1.13. The Hall–Kier alpha value is -1.53. The number of fused-ring (bicyclic) bond motifs is 3. The molecule has 1 unspecified atom stereocenters. The number of ether oxygens (including phenoxy) is 1. The van der Waals surface area contributed by atoms with Crippen molar-refractivity contribution in [3.8, 4) is 5.75 Å². The summed E-state index contributed by atoms with van der Waals surface area (Å²) in [7, 11) is -1.50. The number of hydrogen-bond acceptors (Lipinski definition) is 3. The maximum Gasteiger partial charge on any atom is 0.211 e. The highest BCUT2D eigenvalue weighted by Crippen LogP contribution is 2.31. The SMILES string of the molecule is CCS(=O)(=O)NC1CCc2[nH]c3ccc(OC)cc3c2C1. The molecule has 1 heterocycles. The summed E-state index contributed by atoms with van der Waals surface area (Å²) < 4.78 is 31.6. The summed E-state index contributed by atoms with van der Waals surface area (Å²) in [4.78, 5) is 3.43. The second-order valence-electron chi connectivity index (χ2n) is 5.45. The number of H-pyrrole nitrogens is 1. The van der Waals surface area contributed by atoms with Crippen molar-refractivity contribution in [1.82, 2.24) is 9.71 Å². The molecule has 1 atom stereocenters. The van der Waals surface area contributed by atoms with Gasteiger partial charge in [-0.25, -0.2) is 13.1 Å². The van der Waals surface area contributed by atoms with Gasteiger partial charge in [0.25, 0.3) is 0 Å². The average molecular weight is 308 g/mol. The van der Waals surface area contributed by atoms with Gasteiger partial charge < -0.3 is 9.72 Å². The fourth-order valence-electron chi connectivity index (χ4n) is 2.96. The van der Waals surface area contributed by atoms with Crippen LogP contribution in [0.3, 0.4) is 0 Å². The molecule has 0 bridgehead atoms. The molecule has 1 aromatic carbocycles. The quantitative estimate of drug-likeness (QED) is 0.907. The molecule has 0 aliphatic heterocycles. The Morgan fingerprint density at radius 1 is 1.43 bits per heavy atom. The summed E-state index contributed by atoms with van der Waals surface area (Å²) in [5.74, 6) is 0.943. The molecule has 5 nitrogen and oxygen atoms in total. The third-order valence-electron chi connectivity index (χ3n) is 4.12. The lowest BCUT2D eigenvalue weighted by molar-refractivity contribution is 0.415. The number of hydrogen-bond donors (Lipinski definition) is 2. The van der Waals surface area contributed by atoms with E-state index in [-0.39, 0.29) is 11.8 Å². The summed E-state index contributed by atoms with van der Waals surface area (Å²) in [5.41, 5.74) is 3.50. The highest BCUT2D eigenvalue weighted by atomic mass is 32.2. The number of rotatable bonds is 4. The van der Waals surface area contributed by atoms with Crippen LogP contribution in [0.2, 0.25) is 0 Å². The van der Waals surface area contributed by atoms with E-state index in [1.165, 1.54) is 11.3 Å². The number of benzene rings is 1. The molecular weight excluding hydrogens is 288 g/mol. The van der Waals surface area contributed by atoms with Gasteiger partial charge in [0.2, 0.25) is 10.0 Å². The molecule has 1 aliphatic rings. The number of aromatic nitrogens is 1.